The first kappa shape index (κ1) is 21.1. The van der Waals surface area contributed by atoms with E-state index in [1.165, 1.54) is 7.11 Å². The molecule has 0 saturated heterocycles. The van der Waals surface area contributed by atoms with Gasteiger partial charge in [0.05, 0.1) is 32.5 Å². The van der Waals surface area contributed by atoms with Crippen molar-refractivity contribution in [1.29, 1.82) is 0 Å². The van der Waals surface area contributed by atoms with E-state index in [1.54, 1.807) is 36.4 Å². The van der Waals surface area contributed by atoms with Gasteiger partial charge in [-0.1, -0.05) is 6.07 Å². The Hall–Kier alpha value is -3.22. The normalized spacial score (nSPS) is 10.1. The Morgan fingerprint density at radius 3 is 2.00 bits per heavy atom. The lowest BCUT2D eigenvalue weighted by atomic mass is 10.1. The molecule has 0 fully saturated rings. The molecule has 0 aliphatic heterocycles. The lowest BCUT2D eigenvalue weighted by Gasteiger charge is -2.17. The number of amides is 1. The summed E-state index contributed by atoms with van der Waals surface area (Å²) in [6, 6.07) is 9.72. The lowest BCUT2D eigenvalue weighted by Crippen LogP contribution is -2.14. The minimum absolute atomic E-state index is 0.344. The molecule has 2 aromatic rings. The third kappa shape index (κ3) is 5.16. The first-order chi connectivity index (χ1) is 13.5. The maximum Gasteiger partial charge on any atom is 0.337 e. The molecule has 7 heteroatoms. The summed E-state index contributed by atoms with van der Waals surface area (Å²) in [5, 5.41) is 2.77. The first-order valence-electron chi connectivity index (χ1n) is 9.10. The number of hydrogen-bond donors (Lipinski definition) is 1. The van der Waals surface area contributed by atoms with Gasteiger partial charge in [0.2, 0.25) is 5.75 Å². The molecule has 0 aliphatic rings. The highest BCUT2D eigenvalue weighted by atomic mass is 16.5. The smallest absolute Gasteiger partial charge is 0.337 e. The number of rotatable bonds is 9. The van der Waals surface area contributed by atoms with Crippen LogP contribution in [-0.2, 0) is 4.74 Å². The molecule has 0 bridgehead atoms. The fourth-order valence-electron chi connectivity index (χ4n) is 2.56. The molecule has 1 amide bonds. The van der Waals surface area contributed by atoms with Gasteiger partial charge in [0.1, 0.15) is 0 Å². The largest absolute Gasteiger partial charge is 0.490 e. The molecule has 150 valence electrons. The monoisotopic (exact) mass is 387 g/mol. The van der Waals surface area contributed by atoms with Crippen LogP contribution < -0.4 is 19.5 Å². The molecule has 0 heterocycles. The van der Waals surface area contributed by atoms with Crippen molar-refractivity contribution < 1.29 is 28.5 Å². The molecule has 0 saturated carbocycles. The fourth-order valence-corrected chi connectivity index (χ4v) is 2.56. The molecule has 28 heavy (non-hydrogen) atoms. The van der Waals surface area contributed by atoms with E-state index >= 15 is 0 Å². The quantitative estimate of drug-likeness (QED) is 0.657. The third-order valence-corrected chi connectivity index (χ3v) is 3.71. The van der Waals surface area contributed by atoms with Crippen molar-refractivity contribution in [3.8, 4) is 17.2 Å². The predicted octanol–water partition coefficient (Wildman–Crippen LogP) is 3.92. The van der Waals surface area contributed by atoms with Gasteiger partial charge in [-0.2, -0.15) is 0 Å². The SMILES string of the molecule is CCOc1cc(C(=O)Nc2cccc(C(=O)OC)c2)cc(OCC)c1OCC. The Morgan fingerprint density at radius 2 is 1.46 bits per heavy atom. The maximum atomic E-state index is 12.8. The summed E-state index contributed by atoms with van der Waals surface area (Å²) in [5.41, 5.74) is 1.16. The Bertz CT molecular complexity index is 806. The van der Waals surface area contributed by atoms with Crippen LogP contribution in [0.1, 0.15) is 41.5 Å². The molecule has 1 N–H and O–H groups in total. The standard InChI is InChI=1S/C21H25NO6/c1-5-26-17-12-15(13-18(27-6-2)19(17)28-7-3)20(23)22-16-10-8-9-14(11-16)21(24)25-4/h8-13H,5-7H2,1-4H3,(H,22,23). The molecule has 0 spiro atoms. The average Bonchev–Trinajstić information content (AvgIpc) is 2.70. The van der Waals surface area contributed by atoms with Crippen molar-refractivity contribution in [1.82, 2.24) is 0 Å². The van der Waals surface area contributed by atoms with Crippen LogP contribution in [0.5, 0.6) is 17.2 Å². The fraction of sp³-hybridized carbons (Fsp3) is 0.333. The minimum atomic E-state index is -0.477. The van der Waals surface area contributed by atoms with E-state index in [9.17, 15) is 9.59 Å². The van der Waals surface area contributed by atoms with Crippen LogP contribution in [0.3, 0.4) is 0 Å². The van der Waals surface area contributed by atoms with Crippen LogP contribution in [0, 0.1) is 0 Å². The minimum Gasteiger partial charge on any atom is -0.490 e. The number of anilines is 1. The molecule has 7 nitrogen and oxygen atoms in total. The number of ether oxygens (including phenoxy) is 4. The number of hydrogen-bond acceptors (Lipinski definition) is 6. The second-order valence-corrected chi connectivity index (χ2v) is 5.63. The highest BCUT2D eigenvalue weighted by molar-refractivity contribution is 6.05. The molecule has 0 aromatic heterocycles. The van der Waals surface area contributed by atoms with E-state index in [-0.39, 0.29) is 5.91 Å². The van der Waals surface area contributed by atoms with E-state index in [4.69, 9.17) is 18.9 Å². The van der Waals surface area contributed by atoms with Crippen LogP contribution in [-0.4, -0.2) is 38.8 Å². The van der Waals surface area contributed by atoms with Crippen LogP contribution in [0.4, 0.5) is 5.69 Å². The summed E-state index contributed by atoms with van der Waals surface area (Å²) in [5.74, 6) is 0.490. The van der Waals surface area contributed by atoms with Crippen LogP contribution >= 0.6 is 0 Å². The number of esters is 1. The Balaban J connectivity index is 2.35. The summed E-state index contributed by atoms with van der Waals surface area (Å²) < 4.78 is 21.6. The van der Waals surface area contributed by atoms with Gasteiger partial charge in [-0.05, 0) is 51.1 Å². The van der Waals surface area contributed by atoms with Crippen molar-refractivity contribution in [3.63, 3.8) is 0 Å². The van der Waals surface area contributed by atoms with Crippen molar-refractivity contribution >= 4 is 17.6 Å². The van der Waals surface area contributed by atoms with Crippen molar-refractivity contribution in [2.45, 2.75) is 20.8 Å². The Labute approximate surface area is 164 Å². The number of methoxy groups -OCH3 is 1. The second-order valence-electron chi connectivity index (χ2n) is 5.63. The van der Waals surface area contributed by atoms with Crippen molar-refractivity contribution in [2.24, 2.45) is 0 Å². The van der Waals surface area contributed by atoms with E-state index in [0.717, 1.165) is 0 Å². The number of nitrogens with one attached hydrogen (secondary N) is 1. The summed E-state index contributed by atoms with van der Waals surface area (Å²) >= 11 is 0. The zero-order valence-corrected chi connectivity index (χ0v) is 16.5. The molecule has 2 rings (SSSR count). The third-order valence-electron chi connectivity index (χ3n) is 3.71. The molecule has 0 atom stereocenters. The summed E-state index contributed by atoms with van der Waals surface area (Å²) in [6.07, 6.45) is 0. The highest BCUT2D eigenvalue weighted by Gasteiger charge is 2.18. The molecule has 0 unspecified atom stereocenters. The maximum absolute atomic E-state index is 12.8. The summed E-state index contributed by atoms with van der Waals surface area (Å²) in [4.78, 5) is 24.4. The number of carbonyl (C=O) groups is 2. The highest BCUT2D eigenvalue weighted by Crippen LogP contribution is 2.39. The van der Waals surface area contributed by atoms with Crippen LogP contribution in [0.2, 0.25) is 0 Å². The number of carbonyl (C=O) groups excluding carboxylic acids is 2. The van der Waals surface area contributed by atoms with Gasteiger partial charge in [0, 0.05) is 11.3 Å². The van der Waals surface area contributed by atoms with Gasteiger partial charge in [-0.15, -0.1) is 0 Å². The van der Waals surface area contributed by atoms with Crippen LogP contribution in [0.25, 0.3) is 0 Å². The average molecular weight is 387 g/mol. The summed E-state index contributed by atoms with van der Waals surface area (Å²) in [7, 11) is 1.30. The van der Waals surface area contributed by atoms with Gasteiger partial charge < -0.3 is 24.3 Å². The second kappa shape index (κ2) is 10.2. The van der Waals surface area contributed by atoms with Crippen molar-refractivity contribution in [2.75, 3.05) is 32.2 Å². The van der Waals surface area contributed by atoms with E-state index in [2.05, 4.69) is 5.32 Å². The van der Waals surface area contributed by atoms with E-state index in [0.29, 0.717) is 53.9 Å². The molecular formula is C21H25NO6. The van der Waals surface area contributed by atoms with E-state index in [1.807, 2.05) is 20.8 Å². The topological polar surface area (TPSA) is 83.1 Å². The van der Waals surface area contributed by atoms with Gasteiger partial charge in [-0.25, -0.2) is 4.79 Å². The molecule has 0 aliphatic carbocycles. The van der Waals surface area contributed by atoms with E-state index < -0.39 is 5.97 Å². The molecule has 0 radical (unpaired) electrons. The lowest BCUT2D eigenvalue weighted by molar-refractivity contribution is 0.0600. The zero-order valence-electron chi connectivity index (χ0n) is 16.5. The molecular weight excluding hydrogens is 362 g/mol. The van der Waals surface area contributed by atoms with Gasteiger partial charge in [0.25, 0.3) is 5.91 Å². The van der Waals surface area contributed by atoms with Gasteiger partial charge in [0.15, 0.2) is 11.5 Å². The summed E-state index contributed by atoms with van der Waals surface area (Å²) in [6.45, 7) is 6.82. The van der Waals surface area contributed by atoms with Gasteiger partial charge >= 0.3 is 5.97 Å². The zero-order chi connectivity index (χ0) is 20.5. The van der Waals surface area contributed by atoms with Gasteiger partial charge in [-0.3, -0.25) is 4.79 Å². The predicted molar refractivity (Wildman–Crippen MR) is 106 cm³/mol. The Morgan fingerprint density at radius 1 is 0.857 bits per heavy atom. The first-order valence-corrected chi connectivity index (χ1v) is 9.10. The Kier molecular flexibility index (Phi) is 7.68. The van der Waals surface area contributed by atoms with Crippen LogP contribution in [0.15, 0.2) is 36.4 Å². The molecule has 2 aromatic carbocycles. The van der Waals surface area contributed by atoms with Crippen molar-refractivity contribution in [3.05, 3.63) is 47.5 Å². The number of benzene rings is 2.